The summed E-state index contributed by atoms with van der Waals surface area (Å²) in [5.74, 6) is 0.223. The Labute approximate surface area is 90.0 Å². The van der Waals surface area contributed by atoms with Crippen molar-refractivity contribution in [1.29, 1.82) is 0 Å². The van der Waals surface area contributed by atoms with Crippen molar-refractivity contribution < 1.29 is 9.90 Å². The summed E-state index contributed by atoms with van der Waals surface area (Å²) in [5.41, 5.74) is 6.72. The number of hydrogen-bond donors (Lipinski definition) is 2. The second-order valence-electron chi connectivity index (χ2n) is 4.21. The van der Waals surface area contributed by atoms with Crippen molar-refractivity contribution >= 4 is 5.91 Å². The van der Waals surface area contributed by atoms with Gasteiger partial charge in [0.05, 0.1) is 5.76 Å². The molecule has 3 nitrogen and oxygen atoms in total. The highest BCUT2D eigenvalue weighted by atomic mass is 16.3. The molecule has 1 amide bonds. The maximum atomic E-state index is 11.1. The summed E-state index contributed by atoms with van der Waals surface area (Å²) in [6, 6.07) is 0. The fraction of sp³-hybridized carbons (Fsp3) is 0.417. The average molecular weight is 207 g/mol. The Morgan fingerprint density at radius 2 is 2.20 bits per heavy atom. The zero-order valence-electron chi connectivity index (χ0n) is 9.16. The van der Waals surface area contributed by atoms with Crippen LogP contribution in [0.5, 0.6) is 0 Å². The predicted molar refractivity (Wildman–Crippen MR) is 60.1 cm³/mol. The molecule has 0 spiro atoms. The summed E-state index contributed by atoms with van der Waals surface area (Å²) in [6.07, 6.45) is 6.35. The van der Waals surface area contributed by atoms with E-state index in [0.29, 0.717) is 11.5 Å². The predicted octanol–water partition coefficient (Wildman–Crippen LogP) is 2.22. The van der Waals surface area contributed by atoms with E-state index in [2.05, 4.69) is 13.8 Å². The topological polar surface area (TPSA) is 63.3 Å². The molecule has 0 heterocycles. The van der Waals surface area contributed by atoms with E-state index in [0.717, 1.165) is 12.0 Å². The molecule has 3 heteroatoms. The lowest BCUT2D eigenvalue weighted by Gasteiger charge is -2.05. The van der Waals surface area contributed by atoms with Gasteiger partial charge in [-0.25, -0.2) is 0 Å². The molecule has 0 unspecified atom stereocenters. The number of nitrogens with two attached hydrogens (primary N) is 1. The summed E-state index contributed by atoms with van der Waals surface area (Å²) in [4.78, 5) is 11.1. The fourth-order valence-electron chi connectivity index (χ4n) is 1.54. The molecule has 0 radical (unpaired) electrons. The minimum Gasteiger partial charge on any atom is -0.512 e. The van der Waals surface area contributed by atoms with Crippen LogP contribution in [0.3, 0.4) is 0 Å². The van der Waals surface area contributed by atoms with Gasteiger partial charge in [0.15, 0.2) is 0 Å². The van der Waals surface area contributed by atoms with Crippen LogP contribution in [0.4, 0.5) is 0 Å². The first-order valence-electron chi connectivity index (χ1n) is 5.08. The van der Waals surface area contributed by atoms with E-state index in [1.807, 2.05) is 6.08 Å². The zero-order valence-corrected chi connectivity index (χ0v) is 9.16. The van der Waals surface area contributed by atoms with E-state index < -0.39 is 5.91 Å². The number of amides is 1. The van der Waals surface area contributed by atoms with Crippen LogP contribution >= 0.6 is 0 Å². The van der Waals surface area contributed by atoms with Crippen LogP contribution in [0.15, 0.2) is 35.1 Å². The molecule has 0 bridgehead atoms. The fourth-order valence-corrected chi connectivity index (χ4v) is 1.54. The van der Waals surface area contributed by atoms with Crippen LogP contribution in [0.1, 0.15) is 26.7 Å². The highest BCUT2D eigenvalue weighted by molar-refractivity contribution is 5.93. The lowest BCUT2D eigenvalue weighted by molar-refractivity contribution is -0.114. The van der Waals surface area contributed by atoms with E-state index in [1.165, 1.54) is 0 Å². The number of rotatable bonds is 3. The summed E-state index contributed by atoms with van der Waals surface area (Å²) in [6.45, 7) is 4.21. The van der Waals surface area contributed by atoms with Gasteiger partial charge in [0.2, 0.25) is 5.91 Å². The molecule has 15 heavy (non-hydrogen) atoms. The molecule has 0 saturated carbocycles. The number of primary amides is 1. The van der Waals surface area contributed by atoms with Crippen LogP contribution < -0.4 is 5.73 Å². The lowest BCUT2D eigenvalue weighted by atomic mass is 10.0. The first kappa shape index (κ1) is 11.6. The number of carbonyl (C=O) groups is 1. The van der Waals surface area contributed by atoms with Gasteiger partial charge >= 0.3 is 0 Å². The minimum absolute atomic E-state index is 0.179. The number of hydrogen-bond acceptors (Lipinski definition) is 2. The lowest BCUT2D eigenvalue weighted by Crippen LogP contribution is -2.14. The third-order valence-corrected chi connectivity index (χ3v) is 2.18. The third kappa shape index (κ3) is 3.62. The highest BCUT2D eigenvalue weighted by Crippen LogP contribution is 2.20. The molecule has 0 fully saturated rings. The molecular formula is C12H17NO2. The summed E-state index contributed by atoms with van der Waals surface area (Å²) < 4.78 is 0. The summed E-state index contributed by atoms with van der Waals surface area (Å²) in [7, 11) is 0. The average Bonchev–Trinajstić information content (AvgIpc) is 2.27. The van der Waals surface area contributed by atoms with Crippen molar-refractivity contribution in [2.75, 3.05) is 0 Å². The molecular weight excluding hydrogens is 190 g/mol. The quantitative estimate of drug-likeness (QED) is 0.745. The van der Waals surface area contributed by atoms with E-state index in [-0.39, 0.29) is 12.2 Å². The molecule has 0 aliphatic heterocycles. The van der Waals surface area contributed by atoms with Gasteiger partial charge in [0.25, 0.3) is 0 Å². The molecule has 0 aromatic rings. The van der Waals surface area contributed by atoms with E-state index in [4.69, 9.17) is 5.73 Å². The van der Waals surface area contributed by atoms with Gasteiger partial charge in [-0.3, -0.25) is 4.79 Å². The van der Waals surface area contributed by atoms with Crippen molar-refractivity contribution in [2.24, 2.45) is 11.7 Å². The highest BCUT2D eigenvalue weighted by Gasteiger charge is 2.11. The number of aliphatic hydroxyl groups is 1. The monoisotopic (exact) mass is 207 g/mol. The number of aliphatic hydroxyl groups excluding tert-OH is 1. The Morgan fingerprint density at radius 1 is 1.53 bits per heavy atom. The Morgan fingerprint density at radius 3 is 2.73 bits per heavy atom. The second-order valence-corrected chi connectivity index (χ2v) is 4.21. The maximum absolute atomic E-state index is 11.1. The smallest absolute Gasteiger partial charge is 0.245 e. The summed E-state index contributed by atoms with van der Waals surface area (Å²) >= 11 is 0. The van der Waals surface area contributed by atoms with Crippen molar-refractivity contribution in [1.82, 2.24) is 0 Å². The Balaban J connectivity index is 2.94. The SMILES string of the molecule is CC(C)CC1=CC=C(O)CC(C(N)=O)=C1. The van der Waals surface area contributed by atoms with Crippen LogP contribution in [0.2, 0.25) is 0 Å². The maximum Gasteiger partial charge on any atom is 0.245 e. The van der Waals surface area contributed by atoms with E-state index in [9.17, 15) is 9.90 Å². The van der Waals surface area contributed by atoms with Gasteiger partial charge in [-0.2, -0.15) is 0 Å². The zero-order chi connectivity index (χ0) is 11.4. The van der Waals surface area contributed by atoms with Crippen molar-refractivity contribution in [2.45, 2.75) is 26.7 Å². The van der Waals surface area contributed by atoms with Crippen LogP contribution in [-0.2, 0) is 4.79 Å². The molecule has 3 N–H and O–H groups in total. The number of allylic oxidation sites excluding steroid dienone is 5. The molecule has 0 aromatic carbocycles. The van der Waals surface area contributed by atoms with Crippen molar-refractivity contribution in [3.8, 4) is 0 Å². The Kier molecular flexibility index (Phi) is 3.72. The molecule has 0 aromatic heterocycles. The molecule has 1 aliphatic rings. The van der Waals surface area contributed by atoms with Crippen LogP contribution in [0.25, 0.3) is 0 Å². The molecule has 1 aliphatic carbocycles. The molecule has 0 saturated heterocycles. The van der Waals surface area contributed by atoms with E-state index in [1.54, 1.807) is 12.2 Å². The Bertz CT molecular complexity index is 349. The second kappa shape index (κ2) is 4.82. The Hall–Kier alpha value is -1.51. The summed E-state index contributed by atoms with van der Waals surface area (Å²) in [5, 5.41) is 9.43. The van der Waals surface area contributed by atoms with Crippen molar-refractivity contribution in [3.63, 3.8) is 0 Å². The van der Waals surface area contributed by atoms with Gasteiger partial charge in [0, 0.05) is 12.0 Å². The number of carbonyl (C=O) groups excluding carboxylic acids is 1. The van der Waals surface area contributed by atoms with Gasteiger partial charge < -0.3 is 10.8 Å². The third-order valence-electron chi connectivity index (χ3n) is 2.18. The normalized spacial score (nSPS) is 16.6. The van der Waals surface area contributed by atoms with Gasteiger partial charge in [-0.05, 0) is 30.1 Å². The van der Waals surface area contributed by atoms with Crippen LogP contribution in [-0.4, -0.2) is 11.0 Å². The molecule has 82 valence electrons. The first-order chi connectivity index (χ1) is 6.99. The van der Waals surface area contributed by atoms with Gasteiger partial charge in [0.1, 0.15) is 0 Å². The minimum atomic E-state index is -0.466. The first-order valence-corrected chi connectivity index (χ1v) is 5.08. The molecule has 1 rings (SSSR count). The van der Waals surface area contributed by atoms with Gasteiger partial charge in [-0.15, -0.1) is 0 Å². The van der Waals surface area contributed by atoms with E-state index >= 15 is 0 Å². The molecule has 0 atom stereocenters. The van der Waals surface area contributed by atoms with Crippen LogP contribution in [0, 0.1) is 5.92 Å². The standard InChI is InChI=1S/C12H17NO2/c1-8(2)5-9-3-4-11(14)7-10(6-9)12(13)15/h3-4,6,8,14H,5,7H2,1-2H3,(H2,13,15). The van der Waals surface area contributed by atoms with Gasteiger partial charge in [-0.1, -0.05) is 19.9 Å². The van der Waals surface area contributed by atoms with Crippen molar-refractivity contribution in [3.05, 3.63) is 35.1 Å². The largest absolute Gasteiger partial charge is 0.512 e.